The van der Waals surface area contributed by atoms with Crippen LogP contribution in [0.4, 0.5) is 0 Å². The summed E-state index contributed by atoms with van der Waals surface area (Å²) in [4.78, 5) is 20.7. The van der Waals surface area contributed by atoms with Crippen LogP contribution in [0.3, 0.4) is 0 Å². The van der Waals surface area contributed by atoms with Crippen LogP contribution in [0.2, 0.25) is 0 Å². The number of carbonyl (C=O) groups is 2. The molecule has 0 aliphatic carbocycles. The number of ether oxygens (including phenoxy) is 1. The lowest BCUT2D eigenvalue weighted by Gasteiger charge is -2.17. The van der Waals surface area contributed by atoms with Crippen LogP contribution < -0.4 is 4.74 Å². The molecule has 23 heavy (non-hydrogen) atoms. The first kappa shape index (κ1) is 20.9. The number of hydrogen-bond acceptors (Lipinski definition) is 4. The van der Waals surface area contributed by atoms with Crippen molar-refractivity contribution in [2.24, 2.45) is 0 Å². The Kier molecular flexibility index (Phi) is 12.3. The van der Waals surface area contributed by atoms with Crippen LogP contribution >= 0.6 is 0 Å². The molecular weight excluding hydrogens is 298 g/mol. The second-order valence-corrected chi connectivity index (χ2v) is 4.86. The normalized spacial score (nSPS) is 9.87. The van der Waals surface area contributed by atoms with Crippen LogP contribution in [-0.4, -0.2) is 53.3 Å². The van der Waals surface area contributed by atoms with Crippen molar-refractivity contribution in [3.8, 4) is 5.75 Å². The van der Waals surface area contributed by atoms with Crippen molar-refractivity contribution in [3.05, 3.63) is 30.3 Å². The van der Waals surface area contributed by atoms with Gasteiger partial charge in [0.15, 0.2) is 0 Å². The van der Waals surface area contributed by atoms with Crippen molar-refractivity contribution < 1.29 is 24.5 Å². The third-order valence-electron chi connectivity index (χ3n) is 3.21. The van der Waals surface area contributed by atoms with Gasteiger partial charge in [-0.25, -0.2) is 9.59 Å². The zero-order valence-corrected chi connectivity index (χ0v) is 13.9. The molecule has 0 aromatic heterocycles. The fourth-order valence-corrected chi connectivity index (χ4v) is 1.86. The maximum Gasteiger partial charge on any atom is 0.414 e. The minimum atomic E-state index is -1.82. The summed E-state index contributed by atoms with van der Waals surface area (Å²) >= 11 is 0. The summed E-state index contributed by atoms with van der Waals surface area (Å²) in [6, 6.07) is 10.0. The Morgan fingerprint density at radius 1 is 0.957 bits per heavy atom. The number of unbranched alkanes of at least 4 members (excludes halogenated alkanes) is 2. The van der Waals surface area contributed by atoms with Crippen LogP contribution in [0.5, 0.6) is 5.75 Å². The standard InChI is InChI=1S/C15H25NO.C2H2O4/c1-3-16(4-2)13-9-6-10-14-17-15-11-7-5-8-12-15;3-1(4)2(5)6/h5,7-8,11-12H,3-4,6,9-10,13-14H2,1-2H3;(H,3,4)(H,5,6). The van der Waals surface area contributed by atoms with Gasteiger partial charge in [0.2, 0.25) is 0 Å². The summed E-state index contributed by atoms with van der Waals surface area (Å²) in [7, 11) is 0. The van der Waals surface area contributed by atoms with Crippen LogP contribution in [0.25, 0.3) is 0 Å². The lowest BCUT2D eigenvalue weighted by atomic mass is 10.2. The Bertz CT molecular complexity index is 420. The highest BCUT2D eigenvalue weighted by molar-refractivity contribution is 6.27. The average molecular weight is 325 g/mol. The number of carboxylic acid groups (broad SMARTS) is 2. The molecule has 0 spiro atoms. The van der Waals surface area contributed by atoms with Gasteiger partial charge in [-0.15, -0.1) is 0 Å². The third-order valence-corrected chi connectivity index (χ3v) is 3.21. The number of para-hydroxylation sites is 1. The van der Waals surface area contributed by atoms with Crippen LogP contribution in [0.1, 0.15) is 33.1 Å². The van der Waals surface area contributed by atoms with E-state index in [4.69, 9.17) is 24.5 Å². The molecule has 0 radical (unpaired) electrons. The van der Waals surface area contributed by atoms with Crippen molar-refractivity contribution in [1.29, 1.82) is 0 Å². The number of carboxylic acids is 2. The fraction of sp³-hybridized carbons (Fsp3) is 0.529. The smallest absolute Gasteiger partial charge is 0.414 e. The molecule has 0 heterocycles. The second-order valence-electron chi connectivity index (χ2n) is 4.86. The van der Waals surface area contributed by atoms with Gasteiger partial charge in [0.05, 0.1) is 6.61 Å². The maximum atomic E-state index is 9.10. The van der Waals surface area contributed by atoms with Crippen molar-refractivity contribution >= 4 is 11.9 Å². The SMILES string of the molecule is CCN(CC)CCCCCOc1ccccc1.O=C(O)C(=O)O. The summed E-state index contributed by atoms with van der Waals surface area (Å²) in [6.45, 7) is 8.83. The third kappa shape index (κ3) is 12.2. The highest BCUT2D eigenvalue weighted by Gasteiger charge is 2.04. The van der Waals surface area contributed by atoms with Gasteiger partial charge in [-0.3, -0.25) is 0 Å². The van der Waals surface area contributed by atoms with Gasteiger partial charge >= 0.3 is 11.9 Å². The number of aliphatic carboxylic acids is 2. The molecule has 0 unspecified atom stereocenters. The molecule has 6 heteroatoms. The Balaban J connectivity index is 0.000000688. The van der Waals surface area contributed by atoms with E-state index in [1.165, 1.54) is 19.4 Å². The van der Waals surface area contributed by atoms with Gasteiger partial charge < -0.3 is 19.8 Å². The molecule has 0 aliphatic heterocycles. The van der Waals surface area contributed by atoms with Gasteiger partial charge in [-0.2, -0.15) is 0 Å². The molecule has 0 saturated carbocycles. The summed E-state index contributed by atoms with van der Waals surface area (Å²) < 4.78 is 5.65. The Hall–Kier alpha value is -2.08. The largest absolute Gasteiger partial charge is 0.494 e. The molecule has 6 nitrogen and oxygen atoms in total. The predicted octanol–water partition coefficient (Wildman–Crippen LogP) is 2.73. The van der Waals surface area contributed by atoms with Crippen molar-refractivity contribution in [2.45, 2.75) is 33.1 Å². The van der Waals surface area contributed by atoms with E-state index in [-0.39, 0.29) is 0 Å². The quantitative estimate of drug-likeness (QED) is 0.536. The van der Waals surface area contributed by atoms with E-state index in [1.807, 2.05) is 30.3 Å². The fourth-order valence-electron chi connectivity index (χ4n) is 1.86. The molecule has 0 amide bonds. The zero-order chi connectivity index (χ0) is 17.5. The van der Waals surface area contributed by atoms with E-state index >= 15 is 0 Å². The average Bonchev–Trinajstić information content (AvgIpc) is 2.56. The molecule has 1 aromatic carbocycles. The van der Waals surface area contributed by atoms with E-state index < -0.39 is 11.9 Å². The molecule has 0 saturated heterocycles. The van der Waals surface area contributed by atoms with Crippen LogP contribution in [0, 0.1) is 0 Å². The number of benzene rings is 1. The summed E-state index contributed by atoms with van der Waals surface area (Å²) in [5.74, 6) is -2.67. The first-order chi connectivity index (χ1) is 11.0. The Morgan fingerprint density at radius 2 is 1.52 bits per heavy atom. The first-order valence-electron chi connectivity index (χ1n) is 7.87. The van der Waals surface area contributed by atoms with Gasteiger partial charge in [0.1, 0.15) is 5.75 Å². The molecule has 0 fully saturated rings. The van der Waals surface area contributed by atoms with Crippen LogP contribution in [0.15, 0.2) is 30.3 Å². The molecule has 2 N–H and O–H groups in total. The highest BCUT2D eigenvalue weighted by Crippen LogP contribution is 2.09. The maximum absolute atomic E-state index is 9.10. The van der Waals surface area contributed by atoms with Crippen molar-refractivity contribution in [2.75, 3.05) is 26.2 Å². The number of rotatable bonds is 9. The van der Waals surface area contributed by atoms with Crippen LogP contribution in [-0.2, 0) is 9.59 Å². The lowest BCUT2D eigenvalue weighted by Crippen LogP contribution is -2.23. The predicted molar refractivity (Wildman–Crippen MR) is 88.8 cm³/mol. The number of hydrogen-bond donors (Lipinski definition) is 2. The van der Waals surface area contributed by atoms with E-state index in [0.29, 0.717) is 0 Å². The summed E-state index contributed by atoms with van der Waals surface area (Å²) in [5, 5.41) is 14.8. The molecule has 1 aromatic rings. The minimum Gasteiger partial charge on any atom is -0.494 e. The molecule has 0 atom stereocenters. The van der Waals surface area contributed by atoms with E-state index in [2.05, 4.69) is 18.7 Å². The van der Waals surface area contributed by atoms with E-state index in [0.717, 1.165) is 31.9 Å². The van der Waals surface area contributed by atoms with Gasteiger partial charge in [-0.1, -0.05) is 32.0 Å². The molecular formula is C17H27NO5. The highest BCUT2D eigenvalue weighted by atomic mass is 16.5. The van der Waals surface area contributed by atoms with Gasteiger partial charge in [0.25, 0.3) is 0 Å². The van der Waals surface area contributed by atoms with Gasteiger partial charge in [0, 0.05) is 0 Å². The first-order valence-corrected chi connectivity index (χ1v) is 7.87. The minimum absolute atomic E-state index is 0.836. The summed E-state index contributed by atoms with van der Waals surface area (Å²) in [6.07, 6.45) is 3.68. The Morgan fingerprint density at radius 3 is 2.00 bits per heavy atom. The van der Waals surface area contributed by atoms with Gasteiger partial charge in [-0.05, 0) is 51.0 Å². The monoisotopic (exact) mass is 325 g/mol. The lowest BCUT2D eigenvalue weighted by molar-refractivity contribution is -0.159. The molecule has 0 bridgehead atoms. The molecule has 130 valence electrons. The summed E-state index contributed by atoms with van der Waals surface area (Å²) in [5.41, 5.74) is 0. The number of nitrogens with zero attached hydrogens (tertiary/aromatic N) is 1. The topological polar surface area (TPSA) is 87.1 Å². The van der Waals surface area contributed by atoms with E-state index in [1.54, 1.807) is 0 Å². The van der Waals surface area contributed by atoms with Crippen molar-refractivity contribution in [1.82, 2.24) is 4.90 Å². The van der Waals surface area contributed by atoms with E-state index in [9.17, 15) is 0 Å². The van der Waals surface area contributed by atoms with Crippen molar-refractivity contribution in [3.63, 3.8) is 0 Å². The second kappa shape index (κ2) is 13.6. The molecule has 0 aliphatic rings. The zero-order valence-electron chi connectivity index (χ0n) is 13.9. The Labute approximate surface area is 137 Å². The molecule has 1 rings (SSSR count).